The van der Waals surface area contributed by atoms with Crippen molar-refractivity contribution in [2.45, 2.75) is 26.0 Å². The lowest BCUT2D eigenvalue weighted by molar-refractivity contribution is 0.0692. The van der Waals surface area contributed by atoms with Crippen molar-refractivity contribution in [2.75, 3.05) is 6.61 Å². The monoisotopic (exact) mass is 213 g/mol. The summed E-state index contributed by atoms with van der Waals surface area (Å²) in [5.41, 5.74) is 0.914. The molecule has 84 valence electrons. The summed E-state index contributed by atoms with van der Waals surface area (Å²) >= 11 is 0. The minimum Gasteiger partial charge on any atom is -0.478 e. The van der Waals surface area contributed by atoms with Gasteiger partial charge in [0.2, 0.25) is 0 Å². The first-order chi connectivity index (χ1) is 7.10. The highest BCUT2D eigenvalue weighted by atomic mass is 16.4. The molecule has 0 aliphatic heterocycles. The summed E-state index contributed by atoms with van der Waals surface area (Å²) in [5, 5.41) is 26.8. The molecule has 1 unspecified atom stereocenters. The first kappa shape index (κ1) is 11.7. The average molecular weight is 213 g/mol. The number of hydrogen-bond acceptors (Lipinski definition) is 3. The number of carbonyl (C=O) groups is 1. The van der Waals surface area contributed by atoms with Crippen LogP contribution in [0.2, 0.25) is 0 Å². The first-order valence-corrected chi connectivity index (χ1v) is 4.80. The lowest BCUT2D eigenvalue weighted by Gasteiger charge is -2.12. The van der Waals surface area contributed by atoms with Crippen LogP contribution in [0.4, 0.5) is 0 Å². The predicted octanol–water partition coefficient (Wildman–Crippen LogP) is 0.102. The Morgan fingerprint density at radius 2 is 2.27 bits per heavy atom. The van der Waals surface area contributed by atoms with Crippen LogP contribution in [0.3, 0.4) is 0 Å². The Bertz CT molecular complexity index is 345. The van der Waals surface area contributed by atoms with Crippen LogP contribution in [0.1, 0.15) is 23.0 Å². The van der Waals surface area contributed by atoms with Gasteiger partial charge in [-0.25, -0.2) is 4.79 Å². The van der Waals surface area contributed by atoms with Gasteiger partial charge in [0.05, 0.1) is 24.8 Å². The normalized spacial score (nSPS) is 12.7. The van der Waals surface area contributed by atoms with Crippen molar-refractivity contribution >= 4 is 5.97 Å². The third-order valence-electron chi connectivity index (χ3n) is 2.26. The van der Waals surface area contributed by atoms with Crippen molar-refractivity contribution < 1.29 is 20.1 Å². The van der Waals surface area contributed by atoms with E-state index in [9.17, 15) is 9.90 Å². The molecule has 1 aromatic rings. The Morgan fingerprint density at radius 1 is 1.60 bits per heavy atom. The van der Waals surface area contributed by atoms with E-state index in [1.54, 1.807) is 10.8 Å². The second kappa shape index (κ2) is 4.95. The lowest BCUT2D eigenvalue weighted by Crippen LogP contribution is -2.21. The fourth-order valence-corrected chi connectivity index (χ4v) is 1.55. The van der Waals surface area contributed by atoms with E-state index in [1.807, 2.05) is 6.92 Å². The molecule has 0 radical (unpaired) electrons. The van der Waals surface area contributed by atoms with Crippen molar-refractivity contribution in [1.82, 2.24) is 4.57 Å². The lowest BCUT2D eigenvalue weighted by atomic mass is 10.2. The molecule has 15 heavy (non-hydrogen) atoms. The van der Waals surface area contributed by atoms with E-state index in [0.717, 1.165) is 0 Å². The molecule has 0 saturated heterocycles. The maximum atomic E-state index is 10.8. The molecule has 0 spiro atoms. The van der Waals surface area contributed by atoms with Crippen LogP contribution < -0.4 is 0 Å². The molecule has 0 fully saturated rings. The van der Waals surface area contributed by atoms with Crippen molar-refractivity contribution in [3.8, 4) is 0 Å². The van der Waals surface area contributed by atoms with E-state index < -0.39 is 12.1 Å². The molecule has 0 saturated carbocycles. The standard InChI is InChI=1S/C10H15NO4/c1-2-9-8(10(14)15)3-4-11(9)5-7(13)6-12/h3-4,7,12-13H,2,5-6H2,1H3,(H,14,15). The van der Waals surface area contributed by atoms with Crippen LogP contribution in [0.5, 0.6) is 0 Å². The number of rotatable bonds is 5. The Hall–Kier alpha value is -1.33. The van der Waals surface area contributed by atoms with Gasteiger partial charge in [0.25, 0.3) is 0 Å². The molecule has 1 atom stereocenters. The SMILES string of the molecule is CCc1c(C(=O)O)ccn1CC(O)CO. The topological polar surface area (TPSA) is 82.7 Å². The molecular formula is C10H15NO4. The molecule has 5 nitrogen and oxygen atoms in total. The molecule has 0 bridgehead atoms. The Morgan fingerprint density at radius 3 is 2.73 bits per heavy atom. The molecule has 1 heterocycles. The first-order valence-electron chi connectivity index (χ1n) is 4.80. The highest BCUT2D eigenvalue weighted by Crippen LogP contribution is 2.12. The summed E-state index contributed by atoms with van der Waals surface area (Å²) in [4.78, 5) is 10.8. The Kier molecular flexibility index (Phi) is 3.88. The van der Waals surface area contributed by atoms with Crippen LogP contribution in [-0.4, -0.2) is 38.6 Å². The molecule has 0 amide bonds. The zero-order valence-electron chi connectivity index (χ0n) is 8.55. The van der Waals surface area contributed by atoms with Gasteiger partial charge in [-0.15, -0.1) is 0 Å². The summed E-state index contributed by atoms with van der Waals surface area (Å²) in [6, 6.07) is 1.51. The van der Waals surface area contributed by atoms with Gasteiger partial charge in [0, 0.05) is 11.9 Å². The smallest absolute Gasteiger partial charge is 0.337 e. The van der Waals surface area contributed by atoms with Gasteiger partial charge in [0.1, 0.15) is 0 Å². The van der Waals surface area contributed by atoms with Gasteiger partial charge in [-0.05, 0) is 12.5 Å². The number of aliphatic hydroxyl groups is 2. The van der Waals surface area contributed by atoms with Gasteiger partial charge in [-0.1, -0.05) is 6.92 Å². The van der Waals surface area contributed by atoms with Gasteiger partial charge in [0.15, 0.2) is 0 Å². The van der Waals surface area contributed by atoms with Gasteiger partial charge in [-0.2, -0.15) is 0 Å². The van der Waals surface area contributed by atoms with E-state index in [0.29, 0.717) is 12.1 Å². The van der Waals surface area contributed by atoms with Crippen molar-refractivity contribution in [3.63, 3.8) is 0 Å². The van der Waals surface area contributed by atoms with E-state index in [1.165, 1.54) is 6.07 Å². The van der Waals surface area contributed by atoms with Crippen LogP contribution in [0.25, 0.3) is 0 Å². The minimum absolute atomic E-state index is 0.215. The van der Waals surface area contributed by atoms with Gasteiger partial charge < -0.3 is 19.9 Å². The number of aromatic carboxylic acids is 1. The average Bonchev–Trinajstić information content (AvgIpc) is 2.60. The number of hydrogen-bond donors (Lipinski definition) is 3. The third-order valence-corrected chi connectivity index (χ3v) is 2.26. The van der Waals surface area contributed by atoms with Crippen LogP contribution in [0.15, 0.2) is 12.3 Å². The molecule has 0 aromatic carbocycles. The zero-order chi connectivity index (χ0) is 11.4. The van der Waals surface area contributed by atoms with Gasteiger partial charge in [-0.3, -0.25) is 0 Å². The summed E-state index contributed by atoms with van der Waals surface area (Å²) in [7, 11) is 0. The van der Waals surface area contributed by atoms with E-state index in [2.05, 4.69) is 0 Å². The molecule has 0 aliphatic rings. The van der Waals surface area contributed by atoms with Crippen LogP contribution in [0, 0.1) is 0 Å². The second-order valence-corrected chi connectivity index (χ2v) is 3.32. The zero-order valence-corrected chi connectivity index (χ0v) is 8.55. The fourth-order valence-electron chi connectivity index (χ4n) is 1.55. The highest BCUT2D eigenvalue weighted by molar-refractivity contribution is 5.89. The van der Waals surface area contributed by atoms with Crippen LogP contribution in [-0.2, 0) is 13.0 Å². The molecule has 3 N–H and O–H groups in total. The number of carboxylic acids is 1. The van der Waals surface area contributed by atoms with Gasteiger partial charge >= 0.3 is 5.97 Å². The minimum atomic E-state index is -0.968. The summed E-state index contributed by atoms with van der Waals surface area (Å²) in [6.45, 7) is 1.74. The van der Waals surface area contributed by atoms with Crippen molar-refractivity contribution in [3.05, 3.63) is 23.5 Å². The third kappa shape index (κ3) is 2.57. The number of aliphatic hydroxyl groups excluding tert-OH is 2. The van der Waals surface area contributed by atoms with E-state index in [4.69, 9.17) is 10.2 Å². The Labute approximate surface area is 87.6 Å². The van der Waals surface area contributed by atoms with Crippen LogP contribution >= 0.6 is 0 Å². The highest BCUT2D eigenvalue weighted by Gasteiger charge is 2.14. The largest absolute Gasteiger partial charge is 0.478 e. The molecule has 0 aliphatic carbocycles. The predicted molar refractivity (Wildman–Crippen MR) is 53.9 cm³/mol. The van der Waals surface area contributed by atoms with E-state index >= 15 is 0 Å². The second-order valence-electron chi connectivity index (χ2n) is 3.32. The number of aromatic nitrogens is 1. The molecule has 1 aromatic heterocycles. The van der Waals surface area contributed by atoms with Crippen molar-refractivity contribution in [1.29, 1.82) is 0 Å². The molecule has 1 rings (SSSR count). The molecular weight excluding hydrogens is 198 g/mol. The Balaban J connectivity index is 2.94. The summed E-state index contributed by atoms with van der Waals surface area (Å²) < 4.78 is 1.66. The molecule has 5 heteroatoms. The maximum absolute atomic E-state index is 10.8. The fraction of sp³-hybridized carbons (Fsp3) is 0.500. The number of nitrogens with zero attached hydrogens (tertiary/aromatic N) is 1. The maximum Gasteiger partial charge on any atom is 0.337 e. The summed E-state index contributed by atoms with van der Waals surface area (Å²) in [5.74, 6) is -0.968. The summed E-state index contributed by atoms with van der Waals surface area (Å²) in [6.07, 6.45) is 1.33. The van der Waals surface area contributed by atoms with Crippen molar-refractivity contribution in [2.24, 2.45) is 0 Å². The quantitative estimate of drug-likeness (QED) is 0.648. The van der Waals surface area contributed by atoms with E-state index in [-0.39, 0.29) is 18.7 Å². The number of carboxylic acid groups (broad SMARTS) is 1.